The van der Waals surface area contributed by atoms with E-state index >= 15 is 0 Å². The van der Waals surface area contributed by atoms with Gasteiger partial charge in [-0.25, -0.2) is 8.42 Å². The van der Waals surface area contributed by atoms with Crippen LogP contribution < -0.4 is 4.72 Å². The van der Waals surface area contributed by atoms with Crippen molar-refractivity contribution in [2.24, 2.45) is 0 Å². The number of nitrogens with one attached hydrogen (secondary N) is 1. The summed E-state index contributed by atoms with van der Waals surface area (Å²) in [6, 6.07) is 15.5. The predicted octanol–water partition coefficient (Wildman–Crippen LogP) is 3.13. The molecule has 0 atom stereocenters. The molecule has 0 unspecified atom stereocenters. The maximum absolute atomic E-state index is 12.2. The highest BCUT2D eigenvalue weighted by Gasteiger charge is 2.16. The normalized spacial score (nSPS) is 10.9. The molecule has 2 rings (SSSR count). The summed E-state index contributed by atoms with van der Waals surface area (Å²) >= 11 is 0. The van der Waals surface area contributed by atoms with Crippen molar-refractivity contribution in [2.75, 3.05) is 4.72 Å². The topological polar surface area (TPSA) is 46.2 Å². The smallest absolute Gasteiger partial charge is 0.262 e. The van der Waals surface area contributed by atoms with Crippen LogP contribution >= 0.6 is 0 Å². The number of hydrogen-bond donors (Lipinski definition) is 1. The Hall–Kier alpha value is -2.07. The first-order chi connectivity index (χ1) is 8.63. The summed E-state index contributed by atoms with van der Waals surface area (Å²) in [5, 5.41) is 0. The first kappa shape index (κ1) is 12.4. The van der Waals surface area contributed by atoms with Gasteiger partial charge in [0.15, 0.2) is 0 Å². The maximum Gasteiger partial charge on any atom is 0.262 e. The molecule has 0 fully saturated rings. The fourth-order valence-electron chi connectivity index (χ4n) is 1.61. The van der Waals surface area contributed by atoms with Crippen LogP contribution in [-0.4, -0.2) is 8.42 Å². The summed E-state index contributed by atoms with van der Waals surface area (Å²) in [5.41, 5.74) is 1.12. The summed E-state index contributed by atoms with van der Waals surface area (Å²) in [6.45, 7) is 3.62. The fraction of sp³-hybridized carbons (Fsp3) is 0. The van der Waals surface area contributed by atoms with Crippen LogP contribution in [0.15, 0.2) is 66.1 Å². The van der Waals surface area contributed by atoms with Crippen LogP contribution in [0.5, 0.6) is 0 Å². The van der Waals surface area contributed by atoms with Crippen LogP contribution in [0.3, 0.4) is 0 Å². The number of rotatable bonds is 4. The van der Waals surface area contributed by atoms with Crippen molar-refractivity contribution in [1.82, 2.24) is 0 Å². The van der Waals surface area contributed by atoms with Gasteiger partial charge in [0.25, 0.3) is 10.0 Å². The van der Waals surface area contributed by atoms with E-state index in [2.05, 4.69) is 11.3 Å². The molecule has 0 saturated heterocycles. The third-order valence-electron chi connectivity index (χ3n) is 2.45. The summed E-state index contributed by atoms with van der Waals surface area (Å²) in [7, 11) is -3.58. The second-order valence-corrected chi connectivity index (χ2v) is 5.36. The van der Waals surface area contributed by atoms with Crippen LogP contribution in [0.2, 0.25) is 0 Å². The molecule has 3 nitrogen and oxygen atoms in total. The molecule has 92 valence electrons. The standard InChI is InChI=1S/C14H13NO2S/c1-2-12-8-6-7-11-14(12)18(16,17)15-13-9-4-3-5-10-13/h2-11,15H,1H2. The minimum absolute atomic E-state index is 0.226. The number of benzene rings is 2. The highest BCUT2D eigenvalue weighted by molar-refractivity contribution is 7.92. The van der Waals surface area contributed by atoms with E-state index in [1.54, 1.807) is 48.5 Å². The molecule has 0 aromatic heterocycles. The van der Waals surface area contributed by atoms with Gasteiger partial charge in [-0.2, -0.15) is 0 Å². The average molecular weight is 259 g/mol. The van der Waals surface area contributed by atoms with Gasteiger partial charge in [-0.1, -0.05) is 49.1 Å². The third-order valence-corrected chi connectivity index (χ3v) is 3.91. The van der Waals surface area contributed by atoms with Gasteiger partial charge in [0.1, 0.15) is 0 Å². The van der Waals surface area contributed by atoms with E-state index in [9.17, 15) is 8.42 Å². The van der Waals surface area contributed by atoms with E-state index in [1.807, 2.05) is 6.07 Å². The molecule has 2 aromatic carbocycles. The van der Waals surface area contributed by atoms with Crippen molar-refractivity contribution in [3.63, 3.8) is 0 Å². The Morgan fingerprint density at radius 2 is 1.56 bits per heavy atom. The van der Waals surface area contributed by atoms with Crippen molar-refractivity contribution < 1.29 is 8.42 Å². The lowest BCUT2D eigenvalue weighted by Gasteiger charge is -2.10. The zero-order valence-electron chi connectivity index (χ0n) is 9.71. The number of sulfonamides is 1. The second-order valence-electron chi connectivity index (χ2n) is 3.71. The zero-order chi connectivity index (χ0) is 13.0. The van der Waals surface area contributed by atoms with E-state index in [0.717, 1.165) is 0 Å². The molecule has 0 heterocycles. The monoisotopic (exact) mass is 259 g/mol. The SMILES string of the molecule is C=Cc1ccccc1S(=O)(=O)Nc1ccccc1. The number of hydrogen-bond acceptors (Lipinski definition) is 2. The molecular formula is C14H13NO2S. The highest BCUT2D eigenvalue weighted by atomic mass is 32.2. The number of para-hydroxylation sites is 1. The molecule has 1 N–H and O–H groups in total. The van der Waals surface area contributed by atoms with Gasteiger partial charge < -0.3 is 0 Å². The van der Waals surface area contributed by atoms with E-state index in [1.165, 1.54) is 6.08 Å². The van der Waals surface area contributed by atoms with Crippen molar-refractivity contribution in [2.45, 2.75) is 4.90 Å². The third kappa shape index (κ3) is 2.60. The Labute approximate surface area is 107 Å². The van der Waals surface area contributed by atoms with E-state index in [4.69, 9.17) is 0 Å². The van der Waals surface area contributed by atoms with Gasteiger partial charge in [0.2, 0.25) is 0 Å². The Bertz CT molecular complexity index is 649. The molecule has 0 aliphatic carbocycles. The summed E-state index contributed by atoms with van der Waals surface area (Å²) in [4.78, 5) is 0.226. The lowest BCUT2D eigenvalue weighted by atomic mass is 10.2. The summed E-state index contributed by atoms with van der Waals surface area (Å²) in [6.07, 6.45) is 1.53. The molecule has 18 heavy (non-hydrogen) atoms. The van der Waals surface area contributed by atoms with Gasteiger partial charge in [-0.15, -0.1) is 0 Å². The van der Waals surface area contributed by atoms with Crippen molar-refractivity contribution in [1.29, 1.82) is 0 Å². The van der Waals surface area contributed by atoms with Crippen LogP contribution in [0, 0.1) is 0 Å². The Morgan fingerprint density at radius 1 is 0.944 bits per heavy atom. The van der Waals surface area contributed by atoms with Gasteiger partial charge in [0.05, 0.1) is 4.90 Å². The molecule has 0 bridgehead atoms. The number of anilines is 1. The minimum Gasteiger partial charge on any atom is -0.280 e. The molecule has 0 radical (unpaired) electrons. The van der Waals surface area contributed by atoms with E-state index < -0.39 is 10.0 Å². The van der Waals surface area contributed by atoms with Crippen molar-refractivity contribution >= 4 is 21.8 Å². The molecule has 0 amide bonds. The largest absolute Gasteiger partial charge is 0.280 e. The molecule has 0 aliphatic rings. The van der Waals surface area contributed by atoms with Gasteiger partial charge in [0, 0.05) is 5.69 Å². The molecule has 0 aliphatic heterocycles. The zero-order valence-corrected chi connectivity index (χ0v) is 10.5. The Kier molecular flexibility index (Phi) is 3.48. The minimum atomic E-state index is -3.58. The van der Waals surface area contributed by atoms with Gasteiger partial charge >= 0.3 is 0 Å². The molecule has 4 heteroatoms. The first-order valence-electron chi connectivity index (χ1n) is 5.43. The van der Waals surface area contributed by atoms with E-state index in [0.29, 0.717) is 11.3 Å². The maximum atomic E-state index is 12.2. The molecule has 2 aromatic rings. The van der Waals surface area contributed by atoms with Crippen LogP contribution in [0.1, 0.15) is 5.56 Å². The highest BCUT2D eigenvalue weighted by Crippen LogP contribution is 2.20. The van der Waals surface area contributed by atoms with Gasteiger partial charge in [-0.05, 0) is 23.8 Å². The van der Waals surface area contributed by atoms with Crippen LogP contribution in [0.4, 0.5) is 5.69 Å². The van der Waals surface area contributed by atoms with Crippen molar-refractivity contribution in [3.05, 3.63) is 66.7 Å². The molecule has 0 saturated carbocycles. The quantitative estimate of drug-likeness (QED) is 0.917. The Morgan fingerprint density at radius 3 is 2.22 bits per heavy atom. The van der Waals surface area contributed by atoms with E-state index in [-0.39, 0.29) is 4.90 Å². The van der Waals surface area contributed by atoms with Crippen molar-refractivity contribution in [3.8, 4) is 0 Å². The summed E-state index contributed by atoms with van der Waals surface area (Å²) in [5.74, 6) is 0. The Balaban J connectivity index is 2.40. The first-order valence-corrected chi connectivity index (χ1v) is 6.91. The lowest BCUT2D eigenvalue weighted by molar-refractivity contribution is 0.601. The predicted molar refractivity (Wildman–Crippen MR) is 73.8 cm³/mol. The fourth-order valence-corrected chi connectivity index (χ4v) is 2.89. The second kappa shape index (κ2) is 5.06. The van der Waals surface area contributed by atoms with Gasteiger partial charge in [-0.3, -0.25) is 4.72 Å². The lowest BCUT2D eigenvalue weighted by Crippen LogP contribution is -2.13. The molecule has 0 spiro atoms. The van der Waals surface area contributed by atoms with Crippen LogP contribution in [0.25, 0.3) is 6.08 Å². The molecular weight excluding hydrogens is 246 g/mol. The summed E-state index contributed by atoms with van der Waals surface area (Å²) < 4.78 is 27.0. The van der Waals surface area contributed by atoms with Crippen LogP contribution in [-0.2, 0) is 10.0 Å². The average Bonchev–Trinajstić information content (AvgIpc) is 2.39.